The van der Waals surface area contributed by atoms with E-state index in [9.17, 15) is 0 Å². The van der Waals surface area contributed by atoms with Gasteiger partial charge in [-0.15, -0.1) is 0 Å². The Labute approximate surface area is 165 Å². The molecule has 0 spiro atoms. The lowest BCUT2D eigenvalue weighted by Crippen LogP contribution is -2.28. The van der Waals surface area contributed by atoms with Gasteiger partial charge in [-0.2, -0.15) is 0 Å². The summed E-state index contributed by atoms with van der Waals surface area (Å²) in [4.78, 5) is 7.19. The Hall–Kier alpha value is -1.81. The number of anilines is 1. The Bertz CT molecular complexity index is 649. The van der Waals surface area contributed by atoms with E-state index in [4.69, 9.17) is 4.74 Å². The fraction of sp³-hybridized carbons (Fsp3) is 0.609. The highest BCUT2D eigenvalue weighted by molar-refractivity contribution is 5.91. The van der Waals surface area contributed by atoms with E-state index in [2.05, 4.69) is 41.2 Å². The molecule has 0 aliphatic heterocycles. The van der Waals surface area contributed by atoms with Crippen LogP contribution in [0, 0.1) is 0 Å². The summed E-state index contributed by atoms with van der Waals surface area (Å²) in [6.45, 7) is 9.14. The average Bonchev–Trinajstić information content (AvgIpc) is 2.70. The van der Waals surface area contributed by atoms with Gasteiger partial charge in [0, 0.05) is 24.2 Å². The number of benzene rings is 1. The second-order valence-electron chi connectivity index (χ2n) is 7.29. The predicted molar refractivity (Wildman–Crippen MR) is 117 cm³/mol. The van der Waals surface area contributed by atoms with Gasteiger partial charge in [-0.05, 0) is 51.0 Å². The Morgan fingerprint density at radius 2 is 1.67 bits per heavy atom. The fourth-order valence-electron chi connectivity index (χ4n) is 3.45. The smallest absolute Gasteiger partial charge is 0.121 e. The van der Waals surface area contributed by atoms with Crippen molar-refractivity contribution in [2.24, 2.45) is 0 Å². The molecule has 1 aromatic heterocycles. The average molecular weight is 372 g/mol. The van der Waals surface area contributed by atoms with Crippen molar-refractivity contribution in [3.63, 3.8) is 0 Å². The number of nitrogens with one attached hydrogen (secondary N) is 1. The minimum absolute atomic E-state index is 0.874. The van der Waals surface area contributed by atoms with E-state index < -0.39 is 0 Å². The van der Waals surface area contributed by atoms with Gasteiger partial charge in [0.1, 0.15) is 5.75 Å². The Morgan fingerprint density at radius 1 is 0.963 bits per heavy atom. The van der Waals surface area contributed by atoms with Gasteiger partial charge in [0.2, 0.25) is 0 Å². The monoisotopic (exact) mass is 371 g/mol. The summed E-state index contributed by atoms with van der Waals surface area (Å²) in [6.07, 6.45) is 10.9. The van der Waals surface area contributed by atoms with Crippen molar-refractivity contribution < 1.29 is 4.74 Å². The van der Waals surface area contributed by atoms with Crippen LogP contribution in [-0.2, 0) is 0 Å². The maximum absolute atomic E-state index is 5.44. The fourth-order valence-corrected chi connectivity index (χ4v) is 3.45. The molecule has 27 heavy (non-hydrogen) atoms. The van der Waals surface area contributed by atoms with Gasteiger partial charge in [0.05, 0.1) is 18.3 Å². The Morgan fingerprint density at radius 3 is 2.33 bits per heavy atom. The summed E-state index contributed by atoms with van der Waals surface area (Å²) in [5, 5.41) is 4.69. The van der Waals surface area contributed by atoms with Crippen LogP contribution in [0.5, 0.6) is 5.75 Å². The lowest BCUT2D eigenvalue weighted by atomic mass is 10.1. The number of hydrogen-bond donors (Lipinski definition) is 1. The summed E-state index contributed by atoms with van der Waals surface area (Å²) in [5.74, 6) is 0.874. The summed E-state index contributed by atoms with van der Waals surface area (Å²) in [7, 11) is 1.71. The van der Waals surface area contributed by atoms with Gasteiger partial charge in [-0.3, -0.25) is 4.98 Å². The van der Waals surface area contributed by atoms with Crippen molar-refractivity contribution >= 4 is 16.6 Å². The molecule has 4 heteroatoms. The van der Waals surface area contributed by atoms with Crippen LogP contribution in [0.15, 0.2) is 30.5 Å². The van der Waals surface area contributed by atoms with E-state index in [0.717, 1.165) is 41.9 Å². The van der Waals surface area contributed by atoms with Gasteiger partial charge in [0.15, 0.2) is 0 Å². The van der Waals surface area contributed by atoms with Crippen LogP contribution in [0.4, 0.5) is 5.69 Å². The second-order valence-corrected chi connectivity index (χ2v) is 7.29. The molecule has 0 saturated carbocycles. The van der Waals surface area contributed by atoms with Crippen LogP contribution < -0.4 is 10.1 Å². The number of ether oxygens (including phenoxy) is 1. The van der Waals surface area contributed by atoms with Crippen LogP contribution in [0.1, 0.15) is 58.8 Å². The van der Waals surface area contributed by atoms with Crippen molar-refractivity contribution in [1.82, 2.24) is 9.88 Å². The molecule has 0 saturated heterocycles. The number of rotatable bonds is 14. The van der Waals surface area contributed by atoms with Crippen molar-refractivity contribution in [1.29, 1.82) is 0 Å². The quantitative estimate of drug-likeness (QED) is 0.430. The van der Waals surface area contributed by atoms with Crippen LogP contribution in [0.3, 0.4) is 0 Å². The Kier molecular flexibility index (Phi) is 9.99. The molecule has 0 aliphatic rings. The number of methoxy groups -OCH3 is 1. The third-order valence-corrected chi connectivity index (χ3v) is 5.04. The molecule has 0 unspecified atom stereocenters. The van der Waals surface area contributed by atoms with E-state index in [1.54, 1.807) is 7.11 Å². The van der Waals surface area contributed by atoms with Crippen molar-refractivity contribution in [2.45, 2.75) is 58.8 Å². The molecule has 1 aromatic carbocycles. The minimum Gasteiger partial charge on any atom is -0.497 e. The molecule has 4 nitrogen and oxygen atoms in total. The van der Waals surface area contributed by atoms with E-state index >= 15 is 0 Å². The molecule has 1 heterocycles. The number of pyridine rings is 1. The molecule has 2 rings (SSSR count). The molecule has 1 N–H and O–H groups in total. The molecule has 0 radical (unpaired) electrons. The third kappa shape index (κ3) is 7.37. The zero-order valence-electron chi connectivity index (χ0n) is 17.5. The standard InChI is InChI=1S/C23H37N3O/c1-4-6-8-15-26(16-9-7-5-2)17-11-14-24-22-19-21(27-3)18-20-12-10-13-25-23(20)22/h10,12-13,18-19,24H,4-9,11,14-17H2,1-3H3. The van der Waals surface area contributed by atoms with Crippen molar-refractivity contribution in [3.05, 3.63) is 30.5 Å². The summed E-state index contributed by atoms with van der Waals surface area (Å²) in [5.41, 5.74) is 2.08. The minimum atomic E-state index is 0.874. The van der Waals surface area contributed by atoms with Gasteiger partial charge in [-0.25, -0.2) is 0 Å². The molecule has 0 bridgehead atoms. The first-order valence-corrected chi connectivity index (χ1v) is 10.7. The van der Waals surface area contributed by atoms with Gasteiger partial charge < -0.3 is 15.0 Å². The van der Waals surface area contributed by atoms with Gasteiger partial charge in [-0.1, -0.05) is 45.6 Å². The molecular formula is C23H37N3O. The predicted octanol–water partition coefficient (Wildman–Crippen LogP) is 5.73. The first-order chi connectivity index (χ1) is 13.3. The molecule has 0 amide bonds. The number of fused-ring (bicyclic) bond motifs is 1. The highest BCUT2D eigenvalue weighted by Crippen LogP contribution is 2.27. The van der Waals surface area contributed by atoms with Crippen LogP contribution in [0.2, 0.25) is 0 Å². The highest BCUT2D eigenvalue weighted by atomic mass is 16.5. The summed E-state index contributed by atoms with van der Waals surface area (Å²) in [6, 6.07) is 8.14. The SMILES string of the molecule is CCCCCN(CCCCC)CCCNc1cc(OC)cc2cccnc12. The van der Waals surface area contributed by atoms with Crippen LogP contribution >= 0.6 is 0 Å². The Balaban J connectivity index is 1.87. The third-order valence-electron chi connectivity index (χ3n) is 5.04. The zero-order valence-corrected chi connectivity index (χ0v) is 17.5. The van der Waals surface area contributed by atoms with E-state index in [0.29, 0.717) is 0 Å². The highest BCUT2D eigenvalue weighted by Gasteiger charge is 2.07. The number of aromatic nitrogens is 1. The summed E-state index contributed by atoms with van der Waals surface area (Å²) < 4.78 is 5.44. The van der Waals surface area contributed by atoms with Crippen molar-refractivity contribution in [2.75, 3.05) is 38.6 Å². The molecule has 150 valence electrons. The zero-order chi connectivity index (χ0) is 19.3. The van der Waals surface area contributed by atoms with Crippen LogP contribution in [0.25, 0.3) is 10.9 Å². The number of hydrogen-bond acceptors (Lipinski definition) is 4. The topological polar surface area (TPSA) is 37.4 Å². The lowest BCUT2D eigenvalue weighted by Gasteiger charge is -2.22. The molecule has 0 fully saturated rings. The normalized spacial score (nSPS) is 11.3. The maximum Gasteiger partial charge on any atom is 0.121 e. The summed E-state index contributed by atoms with van der Waals surface area (Å²) >= 11 is 0. The maximum atomic E-state index is 5.44. The molecular weight excluding hydrogens is 334 g/mol. The van der Waals surface area contributed by atoms with Gasteiger partial charge >= 0.3 is 0 Å². The van der Waals surface area contributed by atoms with E-state index in [1.807, 2.05) is 18.3 Å². The van der Waals surface area contributed by atoms with Crippen LogP contribution in [-0.4, -0.2) is 43.2 Å². The number of nitrogens with zero attached hydrogens (tertiary/aromatic N) is 2. The molecule has 2 aromatic rings. The van der Waals surface area contributed by atoms with E-state index in [1.165, 1.54) is 51.6 Å². The molecule has 0 aliphatic carbocycles. The van der Waals surface area contributed by atoms with Gasteiger partial charge in [0.25, 0.3) is 0 Å². The van der Waals surface area contributed by atoms with E-state index in [-0.39, 0.29) is 0 Å². The molecule has 0 atom stereocenters. The lowest BCUT2D eigenvalue weighted by molar-refractivity contribution is 0.261. The largest absolute Gasteiger partial charge is 0.497 e. The first-order valence-electron chi connectivity index (χ1n) is 10.7. The number of unbranched alkanes of at least 4 members (excludes halogenated alkanes) is 4. The van der Waals surface area contributed by atoms with Crippen molar-refractivity contribution in [3.8, 4) is 5.75 Å². The first kappa shape index (κ1) is 21.5. The second kappa shape index (κ2) is 12.6.